The van der Waals surface area contributed by atoms with Crippen LogP contribution in [0.3, 0.4) is 0 Å². The highest BCUT2D eigenvalue weighted by atomic mass is 35.5. The van der Waals surface area contributed by atoms with E-state index in [-0.39, 0.29) is 22.6 Å². The molecule has 1 amide bonds. The van der Waals surface area contributed by atoms with Crippen molar-refractivity contribution in [3.05, 3.63) is 76.5 Å². The van der Waals surface area contributed by atoms with Gasteiger partial charge in [0.1, 0.15) is 16.9 Å². The average Bonchev–Trinajstić information content (AvgIpc) is 3.03. The summed E-state index contributed by atoms with van der Waals surface area (Å²) in [5, 5.41) is 22.1. The lowest BCUT2D eigenvalue weighted by Crippen LogP contribution is -2.37. The summed E-state index contributed by atoms with van der Waals surface area (Å²) in [5.74, 6) is 0.211. The van der Waals surface area contributed by atoms with Gasteiger partial charge in [0.25, 0.3) is 0 Å². The summed E-state index contributed by atoms with van der Waals surface area (Å²) in [6.07, 6.45) is 0. The summed E-state index contributed by atoms with van der Waals surface area (Å²) in [4.78, 5) is 13.0. The lowest BCUT2D eigenvalue weighted by atomic mass is 9.71. The highest BCUT2D eigenvalue weighted by molar-refractivity contribution is 6.29. The summed E-state index contributed by atoms with van der Waals surface area (Å²) >= 11 is 5.98. The summed E-state index contributed by atoms with van der Waals surface area (Å²) < 4.78 is 5.38. The maximum Gasteiger partial charge on any atom is 0.246 e. The molecule has 0 saturated carbocycles. The molecule has 24 heavy (non-hydrogen) atoms. The number of rotatable bonds is 2. The maximum absolute atomic E-state index is 13.0. The number of anilines is 1. The van der Waals surface area contributed by atoms with Crippen LogP contribution in [0.15, 0.2) is 59.0 Å². The van der Waals surface area contributed by atoms with Gasteiger partial charge in [-0.1, -0.05) is 24.3 Å². The monoisotopic (exact) mass is 341 g/mol. The van der Waals surface area contributed by atoms with E-state index < -0.39 is 5.41 Å². The molecule has 3 aromatic rings. The van der Waals surface area contributed by atoms with Gasteiger partial charge >= 0.3 is 0 Å². The van der Waals surface area contributed by atoms with Crippen molar-refractivity contribution in [3.63, 3.8) is 0 Å². The molecule has 1 aromatic heterocycles. The minimum absolute atomic E-state index is 0.100. The van der Waals surface area contributed by atoms with Crippen LogP contribution in [-0.2, 0) is 10.2 Å². The van der Waals surface area contributed by atoms with Crippen LogP contribution < -0.4 is 5.32 Å². The number of fused-ring (bicyclic) bond motifs is 1. The number of carbonyl (C=O) groups excluding carboxylic acids is 1. The number of phenols is 2. The van der Waals surface area contributed by atoms with Crippen molar-refractivity contribution in [1.82, 2.24) is 0 Å². The molecule has 2 aromatic carbocycles. The van der Waals surface area contributed by atoms with Crippen LogP contribution in [0.25, 0.3) is 0 Å². The first-order chi connectivity index (χ1) is 11.5. The van der Waals surface area contributed by atoms with Crippen LogP contribution in [0.5, 0.6) is 11.5 Å². The van der Waals surface area contributed by atoms with E-state index in [0.717, 1.165) is 0 Å². The second-order valence-electron chi connectivity index (χ2n) is 5.59. The zero-order valence-electron chi connectivity index (χ0n) is 12.3. The Kier molecular flexibility index (Phi) is 3.08. The summed E-state index contributed by atoms with van der Waals surface area (Å²) in [6, 6.07) is 14.4. The van der Waals surface area contributed by atoms with Crippen molar-refractivity contribution in [2.24, 2.45) is 0 Å². The standard InChI is InChI=1S/C18H12ClNO4/c19-15-9-14-16(24-15)20-17(23)18(14,10-1-5-12(21)6-2-10)11-3-7-13(22)8-4-11/h1-9,21-22H,(H,20,23). The molecule has 3 N–H and O–H groups in total. The Morgan fingerprint density at radius 3 is 1.92 bits per heavy atom. The molecule has 0 saturated heterocycles. The van der Waals surface area contributed by atoms with E-state index in [1.165, 1.54) is 24.3 Å². The lowest BCUT2D eigenvalue weighted by molar-refractivity contribution is -0.118. The first kappa shape index (κ1) is 14.7. The van der Waals surface area contributed by atoms with E-state index in [9.17, 15) is 15.0 Å². The third-order valence-electron chi connectivity index (χ3n) is 4.27. The van der Waals surface area contributed by atoms with Crippen LogP contribution in [0.2, 0.25) is 5.22 Å². The Balaban J connectivity index is 2.05. The second kappa shape index (κ2) is 5.04. The Morgan fingerprint density at radius 1 is 0.917 bits per heavy atom. The lowest BCUT2D eigenvalue weighted by Gasteiger charge is -2.28. The number of phenolic OH excluding ortho intramolecular Hbond substituents is 2. The molecule has 0 bridgehead atoms. The Labute approximate surface area is 142 Å². The van der Waals surface area contributed by atoms with Gasteiger partial charge in [-0.25, -0.2) is 0 Å². The van der Waals surface area contributed by atoms with E-state index in [0.29, 0.717) is 22.6 Å². The van der Waals surface area contributed by atoms with Gasteiger partial charge in [0.05, 0.1) is 0 Å². The topological polar surface area (TPSA) is 82.7 Å². The molecule has 6 heteroatoms. The van der Waals surface area contributed by atoms with E-state index in [4.69, 9.17) is 16.0 Å². The molecule has 0 atom stereocenters. The molecule has 4 rings (SSSR count). The maximum atomic E-state index is 13.0. The van der Waals surface area contributed by atoms with Gasteiger partial charge in [0.2, 0.25) is 11.8 Å². The third kappa shape index (κ3) is 1.91. The van der Waals surface area contributed by atoms with Crippen LogP contribution in [0.4, 0.5) is 5.88 Å². The predicted molar refractivity (Wildman–Crippen MR) is 88.4 cm³/mol. The van der Waals surface area contributed by atoms with Gasteiger partial charge in [-0.3, -0.25) is 10.1 Å². The zero-order chi connectivity index (χ0) is 16.9. The number of hydrogen-bond acceptors (Lipinski definition) is 4. The smallest absolute Gasteiger partial charge is 0.246 e. The van der Waals surface area contributed by atoms with Gasteiger partial charge < -0.3 is 14.6 Å². The highest BCUT2D eigenvalue weighted by Crippen LogP contribution is 2.50. The van der Waals surface area contributed by atoms with Crippen LogP contribution >= 0.6 is 11.6 Å². The molecule has 0 radical (unpaired) electrons. The number of halogens is 1. The largest absolute Gasteiger partial charge is 0.508 e. The average molecular weight is 342 g/mol. The summed E-state index contributed by atoms with van der Waals surface area (Å²) in [5.41, 5.74) is 0.723. The molecule has 0 fully saturated rings. The van der Waals surface area contributed by atoms with Crippen LogP contribution in [-0.4, -0.2) is 16.1 Å². The SMILES string of the molecule is O=C1Nc2oc(Cl)cc2C1(c1ccc(O)cc1)c1ccc(O)cc1. The van der Waals surface area contributed by atoms with E-state index >= 15 is 0 Å². The van der Waals surface area contributed by atoms with Crippen molar-refractivity contribution in [2.75, 3.05) is 5.32 Å². The fourth-order valence-corrected chi connectivity index (χ4v) is 3.40. The first-order valence-electron chi connectivity index (χ1n) is 7.22. The van der Waals surface area contributed by atoms with Gasteiger partial charge in [0.15, 0.2) is 5.22 Å². The number of nitrogens with one attached hydrogen (secondary N) is 1. The molecule has 0 aliphatic carbocycles. The van der Waals surface area contributed by atoms with E-state index in [1.54, 1.807) is 30.3 Å². The minimum atomic E-state index is -1.17. The number of benzene rings is 2. The minimum Gasteiger partial charge on any atom is -0.508 e. The third-order valence-corrected chi connectivity index (χ3v) is 4.46. The summed E-state index contributed by atoms with van der Waals surface area (Å²) in [6.45, 7) is 0. The van der Waals surface area contributed by atoms with E-state index in [2.05, 4.69) is 5.32 Å². The highest BCUT2D eigenvalue weighted by Gasteiger charge is 2.52. The van der Waals surface area contributed by atoms with Crippen LogP contribution in [0.1, 0.15) is 16.7 Å². The number of carbonyl (C=O) groups is 1. The van der Waals surface area contributed by atoms with Crippen molar-refractivity contribution < 1.29 is 19.4 Å². The molecule has 0 spiro atoms. The Hall–Kier alpha value is -2.92. The number of amides is 1. The number of furan rings is 1. The van der Waals surface area contributed by atoms with Gasteiger partial charge in [0, 0.05) is 11.6 Å². The van der Waals surface area contributed by atoms with Gasteiger partial charge in [-0.2, -0.15) is 0 Å². The second-order valence-corrected chi connectivity index (χ2v) is 5.96. The molecular formula is C18H12ClNO4. The molecule has 5 nitrogen and oxygen atoms in total. The van der Waals surface area contributed by atoms with Crippen molar-refractivity contribution in [1.29, 1.82) is 0 Å². The van der Waals surface area contributed by atoms with Gasteiger partial charge in [-0.15, -0.1) is 0 Å². The van der Waals surface area contributed by atoms with E-state index in [1.807, 2.05) is 0 Å². The van der Waals surface area contributed by atoms with Crippen molar-refractivity contribution >= 4 is 23.4 Å². The van der Waals surface area contributed by atoms with Crippen molar-refractivity contribution in [2.45, 2.75) is 5.41 Å². The molecule has 0 unspecified atom stereocenters. The Morgan fingerprint density at radius 2 is 1.42 bits per heavy atom. The molecule has 1 aliphatic heterocycles. The number of aromatic hydroxyl groups is 2. The first-order valence-corrected chi connectivity index (χ1v) is 7.60. The van der Waals surface area contributed by atoms with Gasteiger partial charge in [-0.05, 0) is 47.0 Å². The number of hydrogen-bond donors (Lipinski definition) is 3. The molecule has 1 aliphatic rings. The van der Waals surface area contributed by atoms with Crippen molar-refractivity contribution in [3.8, 4) is 11.5 Å². The fourth-order valence-electron chi connectivity index (χ4n) is 3.21. The summed E-state index contributed by atoms with van der Waals surface area (Å²) in [7, 11) is 0. The Bertz CT molecular complexity index is 883. The normalized spacial score (nSPS) is 15.1. The molecule has 120 valence electrons. The predicted octanol–water partition coefficient (Wildman–Crippen LogP) is 3.63. The molecule has 2 heterocycles. The quantitative estimate of drug-likeness (QED) is 0.664. The van der Waals surface area contributed by atoms with Crippen LogP contribution in [0, 0.1) is 0 Å². The zero-order valence-corrected chi connectivity index (χ0v) is 13.0. The molecular weight excluding hydrogens is 330 g/mol. The fraction of sp³-hybridized carbons (Fsp3) is 0.0556.